The first kappa shape index (κ1) is 22.1. The second kappa shape index (κ2) is 10.5. The molecule has 1 aromatic carbocycles. The number of aryl methyl sites for hydroxylation is 1. The highest BCUT2D eigenvalue weighted by molar-refractivity contribution is 5.79. The normalized spacial score (nSPS) is 16.8. The smallest absolute Gasteiger partial charge is 0.317 e. The summed E-state index contributed by atoms with van der Waals surface area (Å²) in [6.07, 6.45) is 6.88. The summed E-state index contributed by atoms with van der Waals surface area (Å²) < 4.78 is 6.06. The molecule has 1 aliphatic heterocycles. The van der Waals surface area contributed by atoms with Crippen molar-refractivity contribution in [1.29, 1.82) is 0 Å². The number of benzene rings is 1. The summed E-state index contributed by atoms with van der Waals surface area (Å²) in [6.45, 7) is 4.59. The van der Waals surface area contributed by atoms with Crippen LogP contribution in [0.25, 0.3) is 0 Å². The first-order valence-corrected chi connectivity index (χ1v) is 11.5. The molecule has 2 heterocycles. The van der Waals surface area contributed by atoms with Gasteiger partial charge in [0.25, 0.3) is 0 Å². The van der Waals surface area contributed by atoms with Gasteiger partial charge in [-0.3, -0.25) is 4.79 Å². The maximum atomic E-state index is 12.7. The van der Waals surface area contributed by atoms with Crippen molar-refractivity contribution in [3.05, 3.63) is 59.3 Å². The van der Waals surface area contributed by atoms with Crippen molar-refractivity contribution in [3.63, 3.8) is 0 Å². The number of nitrogens with one attached hydrogen (secondary N) is 1. The van der Waals surface area contributed by atoms with Crippen LogP contribution in [0, 0.1) is 6.92 Å². The highest BCUT2D eigenvalue weighted by Crippen LogP contribution is 2.25. The number of amides is 3. The number of aromatic nitrogens is 1. The topological polar surface area (TPSA) is 74.8 Å². The molecule has 1 N–H and O–H groups in total. The van der Waals surface area contributed by atoms with Gasteiger partial charge in [-0.25, -0.2) is 9.78 Å². The summed E-state index contributed by atoms with van der Waals surface area (Å²) >= 11 is 0. The zero-order valence-corrected chi connectivity index (χ0v) is 18.8. The van der Waals surface area contributed by atoms with Crippen molar-refractivity contribution in [1.82, 2.24) is 20.1 Å². The average molecular weight is 437 g/mol. The van der Waals surface area contributed by atoms with Gasteiger partial charge in [-0.1, -0.05) is 35.9 Å². The number of carbonyl (C=O) groups excluding carboxylic acids is 2. The Morgan fingerprint density at radius 1 is 1.03 bits per heavy atom. The number of hydrogen-bond acceptors (Lipinski definition) is 4. The van der Waals surface area contributed by atoms with E-state index >= 15 is 0 Å². The van der Waals surface area contributed by atoms with E-state index in [2.05, 4.69) is 10.3 Å². The quantitative estimate of drug-likeness (QED) is 0.754. The summed E-state index contributed by atoms with van der Waals surface area (Å²) in [5, 5.41) is 2.99. The third kappa shape index (κ3) is 5.78. The Morgan fingerprint density at radius 3 is 2.44 bits per heavy atom. The van der Waals surface area contributed by atoms with Crippen molar-refractivity contribution in [2.24, 2.45) is 0 Å². The molecule has 3 amide bonds. The molecule has 1 aliphatic carbocycles. The zero-order valence-electron chi connectivity index (χ0n) is 18.8. The Kier molecular flexibility index (Phi) is 7.24. The molecule has 0 atom stereocenters. The molecule has 1 saturated heterocycles. The number of carbonyl (C=O) groups is 2. The SMILES string of the molecule is Cc1ccc(CC(=O)N2CCN(C(=O)NCc3cccnc3OC3CCCC3)CC2)cc1. The van der Waals surface area contributed by atoms with Crippen LogP contribution in [-0.4, -0.2) is 59.0 Å². The fourth-order valence-corrected chi connectivity index (χ4v) is 4.26. The second-order valence-corrected chi connectivity index (χ2v) is 8.68. The van der Waals surface area contributed by atoms with Gasteiger partial charge in [0.1, 0.15) is 6.10 Å². The summed E-state index contributed by atoms with van der Waals surface area (Å²) in [5.41, 5.74) is 3.09. The molecule has 7 heteroatoms. The van der Waals surface area contributed by atoms with E-state index in [1.807, 2.05) is 48.2 Å². The Hall–Kier alpha value is -3.09. The second-order valence-electron chi connectivity index (χ2n) is 8.68. The van der Waals surface area contributed by atoms with Crippen molar-refractivity contribution in [3.8, 4) is 5.88 Å². The molecule has 2 aliphatic rings. The van der Waals surface area contributed by atoms with Crippen molar-refractivity contribution >= 4 is 11.9 Å². The standard InChI is InChI=1S/C25H32N4O3/c1-19-8-10-20(11-9-19)17-23(30)28-13-15-29(16-14-28)25(31)27-18-21-5-4-12-26-24(21)32-22-6-2-3-7-22/h4-5,8-12,22H,2-3,6-7,13-18H2,1H3,(H,27,31). The third-order valence-corrected chi connectivity index (χ3v) is 6.26. The summed E-state index contributed by atoms with van der Waals surface area (Å²) in [4.78, 5) is 33.3. The van der Waals surface area contributed by atoms with Crippen LogP contribution in [0.2, 0.25) is 0 Å². The molecule has 0 radical (unpaired) electrons. The van der Waals surface area contributed by atoms with Gasteiger partial charge in [0, 0.05) is 44.5 Å². The van der Waals surface area contributed by atoms with E-state index in [1.54, 1.807) is 11.1 Å². The van der Waals surface area contributed by atoms with Crippen LogP contribution in [0.4, 0.5) is 4.79 Å². The van der Waals surface area contributed by atoms with E-state index in [9.17, 15) is 9.59 Å². The lowest BCUT2D eigenvalue weighted by Crippen LogP contribution is -2.53. The van der Waals surface area contributed by atoms with Gasteiger partial charge in [0.2, 0.25) is 11.8 Å². The minimum atomic E-state index is -0.119. The van der Waals surface area contributed by atoms with Crippen LogP contribution in [0.15, 0.2) is 42.6 Å². The molecule has 0 spiro atoms. The lowest BCUT2D eigenvalue weighted by molar-refractivity contribution is -0.131. The number of piperazine rings is 1. The molecule has 7 nitrogen and oxygen atoms in total. The Balaban J connectivity index is 1.23. The van der Waals surface area contributed by atoms with Crippen LogP contribution in [0.3, 0.4) is 0 Å². The van der Waals surface area contributed by atoms with Crippen LogP contribution in [0.1, 0.15) is 42.4 Å². The maximum absolute atomic E-state index is 12.7. The highest BCUT2D eigenvalue weighted by atomic mass is 16.5. The Morgan fingerprint density at radius 2 is 1.72 bits per heavy atom. The molecule has 32 heavy (non-hydrogen) atoms. The Bertz CT molecular complexity index is 917. The minimum absolute atomic E-state index is 0.109. The molecule has 4 rings (SSSR count). The lowest BCUT2D eigenvalue weighted by atomic mass is 10.1. The Labute approximate surface area is 189 Å². The van der Waals surface area contributed by atoms with Gasteiger partial charge in [0.05, 0.1) is 6.42 Å². The molecule has 2 aromatic rings. The molecular formula is C25H32N4O3. The largest absolute Gasteiger partial charge is 0.474 e. The van der Waals surface area contributed by atoms with Gasteiger partial charge in [-0.15, -0.1) is 0 Å². The van der Waals surface area contributed by atoms with E-state index < -0.39 is 0 Å². The van der Waals surface area contributed by atoms with E-state index in [-0.39, 0.29) is 18.0 Å². The van der Waals surface area contributed by atoms with Crippen LogP contribution in [-0.2, 0) is 17.8 Å². The third-order valence-electron chi connectivity index (χ3n) is 6.26. The summed E-state index contributed by atoms with van der Waals surface area (Å²) in [7, 11) is 0. The summed E-state index contributed by atoms with van der Waals surface area (Å²) in [5.74, 6) is 0.726. The fourth-order valence-electron chi connectivity index (χ4n) is 4.26. The number of rotatable bonds is 6. The minimum Gasteiger partial charge on any atom is -0.474 e. The van der Waals surface area contributed by atoms with Crippen molar-refractivity contribution < 1.29 is 14.3 Å². The molecule has 0 bridgehead atoms. The molecular weight excluding hydrogens is 404 g/mol. The number of ether oxygens (including phenoxy) is 1. The van der Waals surface area contributed by atoms with Crippen molar-refractivity contribution in [2.45, 2.75) is 51.7 Å². The molecule has 1 aromatic heterocycles. The van der Waals surface area contributed by atoms with Gasteiger partial charge in [-0.05, 0) is 44.2 Å². The molecule has 0 unspecified atom stereocenters. The van der Waals surface area contributed by atoms with E-state index in [1.165, 1.54) is 18.4 Å². The average Bonchev–Trinajstić information content (AvgIpc) is 3.33. The lowest BCUT2D eigenvalue weighted by Gasteiger charge is -2.34. The van der Waals surface area contributed by atoms with Gasteiger partial charge in [-0.2, -0.15) is 0 Å². The monoisotopic (exact) mass is 436 g/mol. The van der Waals surface area contributed by atoms with Gasteiger partial charge >= 0.3 is 6.03 Å². The fraction of sp³-hybridized carbons (Fsp3) is 0.480. The van der Waals surface area contributed by atoms with Gasteiger partial charge < -0.3 is 19.9 Å². The molecule has 2 fully saturated rings. The van der Waals surface area contributed by atoms with Crippen LogP contribution < -0.4 is 10.1 Å². The number of urea groups is 1. The first-order chi connectivity index (χ1) is 15.6. The van der Waals surface area contributed by atoms with E-state index in [0.29, 0.717) is 45.0 Å². The maximum Gasteiger partial charge on any atom is 0.317 e. The zero-order chi connectivity index (χ0) is 22.3. The number of nitrogens with zero attached hydrogens (tertiary/aromatic N) is 3. The number of pyridine rings is 1. The highest BCUT2D eigenvalue weighted by Gasteiger charge is 2.24. The van der Waals surface area contributed by atoms with E-state index in [4.69, 9.17) is 4.74 Å². The predicted octanol–water partition coefficient (Wildman–Crippen LogP) is 3.31. The molecule has 1 saturated carbocycles. The predicted molar refractivity (Wildman–Crippen MR) is 122 cm³/mol. The summed E-state index contributed by atoms with van der Waals surface area (Å²) in [6, 6.07) is 11.7. The van der Waals surface area contributed by atoms with Gasteiger partial charge in [0.15, 0.2) is 0 Å². The first-order valence-electron chi connectivity index (χ1n) is 11.5. The molecule has 170 valence electrons. The van der Waals surface area contributed by atoms with Crippen LogP contribution >= 0.6 is 0 Å². The van der Waals surface area contributed by atoms with Crippen molar-refractivity contribution in [2.75, 3.05) is 26.2 Å². The number of hydrogen-bond donors (Lipinski definition) is 1. The van der Waals surface area contributed by atoms with E-state index in [0.717, 1.165) is 24.0 Å². The van der Waals surface area contributed by atoms with Crippen LogP contribution in [0.5, 0.6) is 5.88 Å².